The van der Waals surface area contributed by atoms with Gasteiger partial charge in [-0.3, -0.25) is 0 Å². The van der Waals surface area contributed by atoms with Gasteiger partial charge in [0.15, 0.2) is 0 Å². The van der Waals surface area contributed by atoms with Crippen molar-refractivity contribution in [2.24, 2.45) is 0 Å². The zero-order valence-corrected chi connectivity index (χ0v) is 20.3. The van der Waals surface area contributed by atoms with Gasteiger partial charge < -0.3 is 24.8 Å². The number of nitrogens with one attached hydrogen (secondary N) is 2. The van der Waals surface area contributed by atoms with Crippen molar-refractivity contribution < 1.29 is 23.8 Å². The first kappa shape index (κ1) is 26.3. The first-order chi connectivity index (χ1) is 15.7. The molecular weight excluding hydrogens is 440 g/mol. The summed E-state index contributed by atoms with van der Waals surface area (Å²) in [6.07, 6.45) is -0.254. The molecule has 0 unspecified atom stereocenters. The summed E-state index contributed by atoms with van der Waals surface area (Å²) in [6.45, 7) is 5.77. The molecule has 0 aliphatic carbocycles. The number of esters is 1. The van der Waals surface area contributed by atoms with E-state index >= 15 is 0 Å². The molecule has 1 amide bonds. The fourth-order valence-electron chi connectivity index (χ4n) is 2.96. The van der Waals surface area contributed by atoms with Crippen molar-refractivity contribution in [2.75, 3.05) is 13.7 Å². The summed E-state index contributed by atoms with van der Waals surface area (Å²) in [5.74, 6) is -0.456. The van der Waals surface area contributed by atoms with Gasteiger partial charge in [0.1, 0.15) is 22.7 Å². The lowest BCUT2D eigenvalue weighted by Gasteiger charge is -2.26. The van der Waals surface area contributed by atoms with Crippen LogP contribution in [0.3, 0.4) is 0 Å². The predicted molar refractivity (Wildman–Crippen MR) is 131 cm³/mol. The van der Waals surface area contributed by atoms with E-state index in [4.69, 9.17) is 26.4 Å². The molecule has 0 heterocycles. The second-order valence-electron chi connectivity index (χ2n) is 8.47. The van der Waals surface area contributed by atoms with Gasteiger partial charge in [-0.25, -0.2) is 9.59 Å². The van der Waals surface area contributed by atoms with E-state index in [1.54, 1.807) is 20.8 Å². The molecule has 2 atom stereocenters. The van der Waals surface area contributed by atoms with Crippen LogP contribution in [0, 0.1) is 0 Å². The lowest BCUT2D eigenvalue weighted by atomic mass is 10.1. The van der Waals surface area contributed by atoms with Crippen LogP contribution in [0.4, 0.5) is 4.79 Å². The average molecular weight is 473 g/mol. The van der Waals surface area contributed by atoms with Gasteiger partial charge in [0.25, 0.3) is 0 Å². The van der Waals surface area contributed by atoms with Crippen molar-refractivity contribution in [3.8, 4) is 0 Å². The smallest absolute Gasteiger partial charge is 0.408 e. The van der Waals surface area contributed by atoms with Crippen molar-refractivity contribution in [3.05, 3.63) is 71.8 Å². The van der Waals surface area contributed by atoms with Crippen LogP contribution < -0.4 is 10.6 Å². The quantitative estimate of drug-likeness (QED) is 0.402. The van der Waals surface area contributed by atoms with Crippen LogP contribution in [0.15, 0.2) is 60.7 Å². The molecule has 0 saturated heterocycles. The number of hydrogen-bond donors (Lipinski definition) is 2. The van der Waals surface area contributed by atoms with E-state index in [-0.39, 0.29) is 11.6 Å². The summed E-state index contributed by atoms with van der Waals surface area (Å²) in [5, 5.41) is 5.78. The Hall–Kier alpha value is -2.97. The molecule has 2 N–H and O–H groups in total. The highest BCUT2D eigenvalue weighted by molar-refractivity contribution is 7.80. The van der Waals surface area contributed by atoms with Crippen molar-refractivity contribution in [1.82, 2.24) is 10.6 Å². The number of amides is 1. The largest absolute Gasteiger partial charge is 0.467 e. The molecule has 2 rings (SSSR count). The maximum absolute atomic E-state index is 12.4. The Morgan fingerprint density at radius 3 is 2.03 bits per heavy atom. The molecule has 7 nitrogen and oxygen atoms in total. The van der Waals surface area contributed by atoms with E-state index in [2.05, 4.69) is 10.6 Å². The van der Waals surface area contributed by atoms with Crippen molar-refractivity contribution in [1.29, 1.82) is 0 Å². The van der Waals surface area contributed by atoms with Gasteiger partial charge in [-0.05, 0) is 31.9 Å². The number of methoxy groups -OCH3 is 1. The van der Waals surface area contributed by atoms with Crippen molar-refractivity contribution >= 4 is 29.3 Å². The minimum absolute atomic E-state index is 0.0964. The second-order valence-corrected chi connectivity index (χ2v) is 8.91. The number of thiocarbonyl (C=S) groups is 1. The molecule has 0 bridgehead atoms. The highest BCUT2D eigenvalue weighted by Gasteiger charge is 2.27. The summed E-state index contributed by atoms with van der Waals surface area (Å²) < 4.78 is 16.1. The molecule has 33 heavy (non-hydrogen) atoms. The molecule has 2 aromatic rings. The normalized spacial score (nSPS) is 12.8. The van der Waals surface area contributed by atoms with E-state index in [1.807, 2.05) is 60.7 Å². The van der Waals surface area contributed by atoms with Gasteiger partial charge in [-0.1, -0.05) is 72.9 Å². The highest BCUT2D eigenvalue weighted by atomic mass is 32.1. The van der Waals surface area contributed by atoms with Crippen molar-refractivity contribution in [3.63, 3.8) is 0 Å². The lowest BCUT2D eigenvalue weighted by molar-refractivity contribution is -0.142. The maximum atomic E-state index is 12.4. The molecule has 0 spiro atoms. The molecule has 0 saturated carbocycles. The molecule has 8 heteroatoms. The predicted octanol–water partition coefficient (Wildman–Crippen LogP) is 3.80. The third-order valence-corrected chi connectivity index (χ3v) is 4.89. The summed E-state index contributed by atoms with van der Waals surface area (Å²) >= 11 is 5.56. The molecule has 2 aromatic carbocycles. The lowest BCUT2D eigenvalue weighted by Crippen LogP contribution is -2.54. The SMILES string of the molecule is COC(=O)[C@H](Cc1ccccc1)NC(=S)[C@H](COCc1ccccc1)NC(=O)OC(C)(C)C. The summed E-state index contributed by atoms with van der Waals surface area (Å²) in [4.78, 5) is 25.1. The number of carbonyl (C=O) groups excluding carboxylic acids is 2. The van der Waals surface area contributed by atoms with Gasteiger partial charge in [-0.2, -0.15) is 0 Å². The van der Waals surface area contributed by atoms with Crippen LogP contribution in [0.2, 0.25) is 0 Å². The van der Waals surface area contributed by atoms with Crippen LogP contribution in [0.5, 0.6) is 0 Å². The fraction of sp³-hybridized carbons (Fsp3) is 0.400. The first-order valence-corrected chi connectivity index (χ1v) is 11.1. The Balaban J connectivity index is 2.09. The zero-order valence-electron chi connectivity index (χ0n) is 19.5. The standard InChI is InChI=1S/C25H32N2O5S/c1-25(2,3)32-24(29)27-21(17-31-16-19-13-9-6-10-14-19)22(33)26-20(23(28)30-4)15-18-11-7-5-8-12-18/h5-14,20-21H,15-17H2,1-4H3,(H,26,33)(H,27,29)/t20-,21-/m0/s1. The summed E-state index contributed by atoms with van der Waals surface area (Å²) in [7, 11) is 1.32. The van der Waals surface area contributed by atoms with E-state index in [0.29, 0.717) is 13.0 Å². The van der Waals surface area contributed by atoms with Crippen LogP contribution in [-0.4, -0.2) is 48.5 Å². The van der Waals surface area contributed by atoms with E-state index in [0.717, 1.165) is 11.1 Å². The average Bonchev–Trinajstić information content (AvgIpc) is 2.77. The Labute approximate surface area is 200 Å². The molecular formula is C25H32N2O5S. The summed E-state index contributed by atoms with van der Waals surface area (Å²) in [6, 6.07) is 17.8. The first-order valence-electron chi connectivity index (χ1n) is 10.7. The van der Waals surface area contributed by atoms with E-state index < -0.39 is 29.7 Å². The number of rotatable bonds is 10. The zero-order chi connectivity index (χ0) is 24.3. The Kier molecular flexibility index (Phi) is 10.3. The Bertz CT molecular complexity index is 900. The van der Waals surface area contributed by atoms with Gasteiger partial charge in [0.05, 0.1) is 20.3 Å². The monoisotopic (exact) mass is 472 g/mol. The minimum atomic E-state index is -0.720. The van der Waals surface area contributed by atoms with Crippen LogP contribution in [0.1, 0.15) is 31.9 Å². The van der Waals surface area contributed by atoms with E-state index in [1.165, 1.54) is 7.11 Å². The fourth-order valence-corrected chi connectivity index (χ4v) is 3.23. The maximum Gasteiger partial charge on any atom is 0.408 e. The molecule has 178 valence electrons. The third-order valence-electron chi connectivity index (χ3n) is 4.49. The van der Waals surface area contributed by atoms with Gasteiger partial charge in [0, 0.05) is 6.42 Å². The molecule has 0 aromatic heterocycles. The molecule has 0 aliphatic heterocycles. The number of ether oxygens (including phenoxy) is 3. The van der Waals surface area contributed by atoms with Gasteiger partial charge in [-0.15, -0.1) is 0 Å². The highest BCUT2D eigenvalue weighted by Crippen LogP contribution is 2.09. The number of hydrogen-bond acceptors (Lipinski definition) is 6. The van der Waals surface area contributed by atoms with Crippen molar-refractivity contribution in [2.45, 2.75) is 51.5 Å². The number of alkyl carbamates (subject to hydrolysis) is 1. The second kappa shape index (κ2) is 12.9. The van der Waals surface area contributed by atoms with Gasteiger partial charge in [0.2, 0.25) is 0 Å². The van der Waals surface area contributed by atoms with Crippen LogP contribution in [-0.2, 0) is 32.0 Å². The Morgan fingerprint density at radius 1 is 0.909 bits per heavy atom. The van der Waals surface area contributed by atoms with Crippen LogP contribution in [0.25, 0.3) is 0 Å². The minimum Gasteiger partial charge on any atom is -0.467 e. The third kappa shape index (κ3) is 10.0. The molecule has 0 aliphatic rings. The molecule has 0 fully saturated rings. The Morgan fingerprint density at radius 2 is 1.48 bits per heavy atom. The van der Waals surface area contributed by atoms with E-state index in [9.17, 15) is 9.59 Å². The molecule has 0 radical (unpaired) electrons. The topological polar surface area (TPSA) is 85.9 Å². The van der Waals surface area contributed by atoms with Crippen LogP contribution >= 0.6 is 12.2 Å². The number of carbonyl (C=O) groups is 2. The van der Waals surface area contributed by atoms with Gasteiger partial charge >= 0.3 is 12.1 Å². The summed E-state index contributed by atoms with van der Waals surface area (Å²) in [5.41, 5.74) is 1.26. The number of benzene rings is 2.